The average molecular weight is 414 g/mol. The van der Waals surface area contributed by atoms with Crippen LogP contribution in [0.25, 0.3) is 11.1 Å². The van der Waals surface area contributed by atoms with E-state index in [1.807, 2.05) is 5.43 Å². The van der Waals surface area contributed by atoms with E-state index in [4.69, 9.17) is 10.5 Å². The van der Waals surface area contributed by atoms with Crippen LogP contribution in [-0.2, 0) is 9.53 Å². The van der Waals surface area contributed by atoms with Gasteiger partial charge in [-0.1, -0.05) is 6.07 Å². The first-order chi connectivity index (χ1) is 14.3. The second-order valence-electron chi connectivity index (χ2n) is 6.42. The number of nitrogens with two attached hydrogens (primary N) is 1. The number of aromatic nitrogens is 1. The number of urea groups is 1. The Morgan fingerprint density at radius 1 is 1.40 bits per heavy atom. The molecule has 0 spiro atoms. The third-order valence-corrected chi connectivity index (χ3v) is 4.19. The van der Waals surface area contributed by atoms with Crippen molar-refractivity contribution in [1.29, 1.82) is 0 Å². The van der Waals surface area contributed by atoms with Gasteiger partial charge in [-0.05, 0) is 24.3 Å². The summed E-state index contributed by atoms with van der Waals surface area (Å²) in [4.78, 5) is 39.1. The van der Waals surface area contributed by atoms with Gasteiger partial charge >= 0.3 is 12.1 Å². The Morgan fingerprint density at radius 3 is 2.83 bits per heavy atom. The molecule has 2 heterocycles. The second kappa shape index (κ2) is 8.99. The number of pyridine rings is 1. The van der Waals surface area contributed by atoms with Crippen molar-refractivity contribution in [3.8, 4) is 11.1 Å². The Balaban J connectivity index is 1.71. The van der Waals surface area contributed by atoms with Gasteiger partial charge in [-0.3, -0.25) is 14.7 Å². The molecule has 30 heavy (non-hydrogen) atoms. The second-order valence-corrected chi connectivity index (χ2v) is 6.42. The number of benzene rings is 1. The van der Waals surface area contributed by atoms with E-state index >= 15 is 0 Å². The number of carbonyl (C=O) groups excluding carboxylic acids is 3. The predicted molar refractivity (Wildman–Crippen MR) is 106 cm³/mol. The summed E-state index contributed by atoms with van der Waals surface area (Å²) in [6.07, 6.45) is 1.64. The quantitative estimate of drug-likeness (QED) is 0.484. The Labute approximate surface area is 170 Å². The van der Waals surface area contributed by atoms with Gasteiger partial charge in [-0.25, -0.2) is 19.4 Å². The number of amides is 4. The van der Waals surface area contributed by atoms with Gasteiger partial charge in [-0.15, -0.1) is 0 Å². The smallest absolute Gasteiger partial charge is 0.414 e. The molecular weight excluding hydrogens is 395 g/mol. The summed E-state index contributed by atoms with van der Waals surface area (Å²) in [6.45, 7) is 1.76. The molecule has 1 aliphatic rings. The van der Waals surface area contributed by atoms with E-state index in [2.05, 4.69) is 15.4 Å². The number of cyclic esters (lactones) is 1. The fourth-order valence-electron chi connectivity index (χ4n) is 2.81. The van der Waals surface area contributed by atoms with Gasteiger partial charge in [-0.2, -0.15) is 5.10 Å². The summed E-state index contributed by atoms with van der Waals surface area (Å²) in [5.41, 5.74) is 8.55. The third kappa shape index (κ3) is 5.07. The van der Waals surface area contributed by atoms with Crippen LogP contribution in [0, 0.1) is 5.82 Å². The summed E-state index contributed by atoms with van der Waals surface area (Å²) in [5.74, 6) is -0.765. The number of carbonyl (C=O) groups is 3. The lowest BCUT2D eigenvalue weighted by atomic mass is 10.1. The van der Waals surface area contributed by atoms with Crippen LogP contribution >= 0.6 is 0 Å². The Kier molecular flexibility index (Phi) is 6.20. The molecule has 1 fully saturated rings. The van der Waals surface area contributed by atoms with Crippen LogP contribution in [0.1, 0.15) is 12.6 Å². The van der Waals surface area contributed by atoms with E-state index in [0.717, 1.165) is 0 Å². The summed E-state index contributed by atoms with van der Waals surface area (Å²) in [7, 11) is 0. The first-order valence-corrected chi connectivity index (χ1v) is 8.90. The molecule has 11 heteroatoms. The molecule has 0 aliphatic carbocycles. The molecule has 4 amide bonds. The molecule has 1 unspecified atom stereocenters. The van der Waals surface area contributed by atoms with Gasteiger partial charge in [0.25, 0.3) is 0 Å². The molecule has 0 saturated carbocycles. The summed E-state index contributed by atoms with van der Waals surface area (Å²) in [5, 5.41) is 6.18. The van der Waals surface area contributed by atoms with Crippen molar-refractivity contribution in [3.63, 3.8) is 0 Å². The lowest BCUT2D eigenvalue weighted by Gasteiger charge is -2.14. The normalized spacial score (nSPS) is 15.9. The molecule has 4 N–H and O–H groups in total. The highest BCUT2D eigenvalue weighted by Crippen LogP contribution is 2.28. The lowest BCUT2D eigenvalue weighted by Crippen LogP contribution is -2.33. The number of halogens is 1. The first-order valence-electron chi connectivity index (χ1n) is 8.90. The molecule has 1 saturated heterocycles. The zero-order chi connectivity index (χ0) is 21.7. The SMILES string of the molecule is CC(=O)NCC1CN(c2ccc(-c3ccc(C=NNC(N)=O)nc3)c(F)c2)C(=O)O1. The Bertz CT molecular complexity index is 995. The fraction of sp³-hybridized carbons (Fsp3) is 0.211. The summed E-state index contributed by atoms with van der Waals surface area (Å²) in [6, 6.07) is 6.83. The van der Waals surface area contributed by atoms with Crippen LogP contribution < -0.4 is 21.4 Å². The summed E-state index contributed by atoms with van der Waals surface area (Å²) >= 11 is 0. The maximum absolute atomic E-state index is 14.7. The average Bonchev–Trinajstić information content (AvgIpc) is 3.07. The van der Waals surface area contributed by atoms with Gasteiger partial charge in [0.05, 0.1) is 30.7 Å². The number of ether oxygens (including phenoxy) is 1. The largest absolute Gasteiger partial charge is 0.442 e. The van der Waals surface area contributed by atoms with E-state index in [1.54, 1.807) is 24.3 Å². The molecule has 10 nitrogen and oxygen atoms in total. The molecule has 3 rings (SSSR count). The minimum absolute atomic E-state index is 0.189. The Hall–Kier alpha value is -4.02. The van der Waals surface area contributed by atoms with Crippen LogP contribution in [-0.4, -0.2) is 48.4 Å². The number of hydrazone groups is 1. The number of rotatable bonds is 6. The number of primary amides is 1. The lowest BCUT2D eigenvalue weighted by molar-refractivity contribution is -0.119. The highest BCUT2D eigenvalue weighted by molar-refractivity contribution is 5.90. The standard InChI is InChI=1S/C19H19FN6O4/c1-11(27)22-9-15-10-26(19(29)30-15)14-4-5-16(17(20)6-14)12-2-3-13(23-7-12)8-24-25-18(21)28/h2-8,15H,9-10H2,1H3,(H,22,27)(H3,21,25,28). The van der Waals surface area contributed by atoms with E-state index in [0.29, 0.717) is 22.5 Å². The van der Waals surface area contributed by atoms with Crippen molar-refractivity contribution in [3.05, 3.63) is 48.0 Å². The predicted octanol–water partition coefficient (Wildman–Crippen LogP) is 1.35. The van der Waals surface area contributed by atoms with Gasteiger partial charge < -0.3 is 15.8 Å². The van der Waals surface area contributed by atoms with Crippen molar-refractivity contribution in [2.45, 2.75) is 13.0 Å². The van der Waals surface area contributed by atoms with Gasteiger partial charge in [0.2, 0.25) is 5.91 Å². The van der Waals surface area contributed by atoms with Crippen molar-refractivity contribution >= 4 is 29.9 Å². The highest BCUT2D eigenvalue weighted by Gasteiger charge is 2.32. The van der Waals surface area contributed by atoms with E-state index in [9.17, 15) is 18.8 Å². The molecule has 1 aromatic heterocycles. The number of nitrogens with zero attached hydrogens (tertiary/aromatic N) is 3. The van der Waals surface area contributed by atoms with E-state index in [1.165, 1.54) is 30.3 Å². The number of anilines is 1. The molecule has 2 aromatic rings. The fourth-order valence-corrected chi connectivity index (χ4v) is 2.81. The highest BCUT2D eigenvalue weighted by atomic mass is 19.1. The molecule has 1 aromatic carbocycles. The van der Waals surface area contributed by atoms with Crippen LogP contribution in [0.4, 0.5) is 19.7 Å². The van der Waals surface area contributed by atoms with Crippen molar-refractivity contribution in [2.75, 3.05) is 18.0 Å². The maximum atomic E-state index is 14.7. The minimum Gasteiger partial charge on any atom is -0.442 e. The summed E-state index contributed by atoms with van der Waals surface area (Å²) < 4.78 is 19.9. The Morgan fingerprint density at radius 2 is 2.20 bits per heavy atom. The van der Waals surface area contributed by atoms with Crippen LogP contribution in [0.3, 0.4) is 0 Å². The molecule has 0 bridgehead atoms. The van der Waals surface area contributed by atoms with E-state index < -0.39 is 24.0 Å². The van der Waals surface area contributed by atoms with Crippen molar-refractivity contribution in [2.24, 2.45) is 10.8 Å². The van der Waals surface area contributed by atoms with Crippen LogP contribution in [0.5, 0.6) is 0 Å². The molecule has 1 atom stereocenters. The zero-order valence-corrected chi connectivity index (χ0v) is 16.0. The van der Waals surface area contributed by atoms with Crippen molar-refractivity contribution in [1.82, 2.24) is 15.7 Å². The van der Waals surface area contributed by atoms with Crippen LogP contribution in [0.15, 0.2) is 41.6 Å². The van der Waals surface area contributed by atoms with Crippen molar-refractivity contribution < 1.29 is 23.5 Å². The minimum atomic E-state index is -0.798. The number of nitrogens with one attached hydrogen (secondary N) is 2. The molecule has 156 valence electrons. The number of hydrogen-bond acceptors (Lipinski definition) is 6. The van der Waals surface area contributed by atoms with E-state index in [-0.39, 0.29) is 19.0 Å². The molecule has 0 radical (unpaired) electrons. The number of hydrogen-bond donors (Lipinski definition) is 3. The third-order valence-electron chi connectivity index (χ3n) is 4.19. The van der Waals surface area contributed by atoms with Gasteiger partial charge in [0.1, 0.15) is 11.9 Å². The van der Waals surface area contributed by atoms with Gasteiger partial charge in [0, 0.05) is 24.2 Å². The maximum Gasteiger partial charge on any atom is 0.414 e. The first kappa shape index (κ1) is 20.7. The monoisotopic (exact) mass is 414 g/mol. The topological polar surface area (TPSA) is 139 Å². The van der Waals surface area contributed by atoms with Crippen LogP contribution in [0.2, 0.25) is 0 Å². The molecule has 1 aliphatic heterocycles. The molecular formula is C19H19FN6O4. The zero-order valence-electron chi connectivity index (χ0n) is 16.0. The van der Waals surface area contributed by atoms with Gasteiger partial charge in [0.15, 0.2) is 0 Å².